The van der Waals surface area contributed by atoms with Crippen LogP contribution in [0.5, 0.6) is 0 Å². The quantitative estimate of drug-likeness (QED) is 0.792. The van der Waals surface area contributed by atoms with Gasteiger partial charge in [-0.2, -0.15) is 0 Å². The van der Waals surface area contributed by atoms with E-state index in [9.17, 15) is 0 Å². The Hall–Kier alpha value is -1.77. The first-order valence-electron chi connectivity index (χ1n) is 6.64. The molecule has 0 spiro atoms. The molecule has 1 heterocycles. The number of nitrogens with zero attached hydrogens (tertiary/aromatic N) is 1. The van der Waals surface area contributed by atoms with Crippen molar-refractivity contribution >= 4 is 22.3 Å². The Labute approximate surface area is 107 Å². The van der Waals surface area contributed by atoms with Crippen LogP contribution in [0.3, 0.4) is 0 Å². The smallest absolute Gasteiger partial charge is 0.0951 e. The summed E-state index contributed by atoms with van der Waals surface area (Å²) in [6.07, 6.45) is 5.63. The highest BCUT2D eigenvalue weighted by Crippen LogP contribution is 2.31. The van der Waals surface area contributed by atoms with E-state index in [1.807, 2.05) is 12.1 Å². The van der Waals surface area contributed by atoms with E-state index in [0.29, 0.717) is 6.04 Å². The lowest BCUT2D eigenvalue weighted by Crippen LogP contribution is -2.15. The molecule has 0 bridgehead atoms. The second-order valence-corrected chi connectivity index (χ2v) is 5.36. The number of nitrogens with two attached hydrogens (primary N) is 1. The summed E-state index contributed by atoms with van der Waals surface area (Å²) in [5, 5.41) is 4.77. The van der Waals surface area contributed by atoms with E-state index in [1.54, 1.807) is 6.20 Å². The van der Waals surface area contributed by atoms with Crippen molar-refractivity contribution in [3.8, 4) is 0 Å². The van der Waals surface area contributed by atoms with Crippen LogP contribution in [0.2, 0.25) is 0 Å². The molecule has 2 aromatic rings. The minimum absolute atomic E-state index is 0.590. The SMILES string of the molecule is CC1CCC(Nc2ccc(N)c3ncccc23)C1. The lowest BCUT2D eigenvalue weighted by Gasteiger charge is -2.16. The fourth-order valence-electron chi connectivity index (χ4n) is 2.88. The van der Waals surface area contributed by atoms with Crippen LogP contribution in [-0.4, -0.2) is 11.0 Å². The second-order valence-electron chi connectivity index (χ2n) is 5.36. The maximum absolute atomic E-state index is 5.97. The molecular formula is C15H19N3. The van der Waals surface area contributed by atoms with E-state index >= 15 is 0 Å². The Balaban J connectivity index is 1.95. The van der Waals surface area contributed by atoms with Crippen LogP contribution in [0.15, 0.2) is 30.5 Å². The lowest BCUT2D eigenvalue weighted by molar-refractivity contribution is 0.603. The van der Waals surface area contributed by atoms with Gasteiger partial charge >= 0.3 is 0 Å². The standard InChI is InChI=1S/C15H19N3/c1-10-4-5-11(9-10)18-14-7-6-13(16)15-12(14)3-2-8-17-15/h2-3,6-8,10-11,18H,4-5,9,16H2,1H3. The van der Waals surface area contributed by atoms with Gasteiger partial charge in [0.15, 0.2) is 0 Å². The van der Waals surface area contributed by atoms with Gasteiger partial charge in [-0.15, -0.1) is 0 Å². The van der Waals surface area contributed by atoms with Gasteiger partial charge in [0.05, 0.1) is 11.2 Å². The number of fused-ring (bicyclic) bond motifs is 1. The van der Waals surface area contributed by atoms with Crippen molar-refractivity contribution in [3.05, 3.63) is 30.5 Å². The van der Waals surface area contributed by atoms with E-state index in [4.69, 9.17) is 5.73 Å². The fourth-order valence-corrected chi connectivity index (χ4v) is 2.88. The summed E-state index contributed by atoms with van der Waals surface area (Å²) in [7, 11) is 0. The molecule has 3 rings (SSSR count). The van der Waals surface area contributed by atoms with Crippen LogP contribution in [0.1, 0.15) is 26.2 Å². The van der Waals surface area contributed by atoms with Crippen LogP contribution in [-0.2, 0) is 0 Å². The maximum atomic E-state index is 5.97. The fraction of sp³-hybridized carbons (Fsp3) is 0.400. The normalized spacial score (nSPS) is 23.4. The Kier molecular flexibility index (Phi) is 2.82. The van der Waals surface area contributed by atoms with Gasteiger partial charge in [0.25, 0.3) is 0 Å². The van der Waals surface area contributed by atoms with Gasteiger partial charge in [0, 0.05) is 23.3 Å². The van der Waals surface area contributed by atoms with Crippen molar-refractivity contribution in [2.24, 2.45) is 5.92 Å². The largest absolute Gasteiger partial charge is 0.397 e. The van der Waals surface area contributed by atoms with Gasteiger partial charge in [0.1, 0.15) is 0 Å². The van der Waals surface area contributed by atoms with Crippen LogP contribution in [0, 0.1) is 5.92 Å². The zero-order valence-electron chi connectivity index (χ0n) is 10.7. The Bertz CT molecular complexity index is 565. The molecule has 94 valence electrons. The first kappa shape index (κ1) is 11.3. The number of nitrogen functional groups attached to an aromatic ring is 1. The molecule has 1 aliphatic rings. The molecule has 1 aromatic carbocycles. The van der Waals surface area contributed by atoms with Crippen molar-refractivity contribution in [3.63, 3.8) is 0 Å². The van der Waals surface area contributed by atoms with Crippen LogP contribution in [0.4, 0.5) is 11.4 Å². The third kappa shape index (κ3) is 2.01. The van der Waals surface area contributed by atoms with Crippen molar-refractivity contribution in [1.29, 1.82) is 0 Å². The predicted molar refractivity (Wildman–Crippen MR) is 76.6 cm³/mol. The molecule has 0 radical (unpaired) electrons. The summed E-state index contributed by atoms with van der Waals surface area (Å²) < 4.78 is 0. The minimum Gasteiger partial charge on any atom is -0.397 e. The van der Waals surface area contributed by atoms with Gasteiger partial charge < -0.3 is 11.1 Å². The minimum atomic E-state index is 0.590. The molecule has 1 aliphatic carbocycles. The number of anilines is 2. The first-order chi connectivity index (χ1) is 8.74. The van der Waals surface area contributed by atoms with Crippen LogP contribution < -0.4 is 11.1 Å². The van der Waals surface area contributed by atoms with E-state index in [0.717, 1.165) is 28.2 Å². The van der Waals surface area contributed by atoms with E-state index in [2.05, 4.69) is 29.4 Å². The summed E-state index contributed by atoms with van der Waals surface area (Å²) in [5.41, 5.74) is 8.77. The zero-order chi connectivity index (χ0) is 12.5. The third-order valence-electron chi connectivity index (χ3n) is 3.86. The number of benzene rings is 1. The third-order valence-corrected chi connectivity index (χ3v) is 3.86. The predicted octanol–water partition coefficient (Wildman–Crippen LogP) is 3.42. The summed E-state index contributed by atoms with van der Waals surface area (Å²) in [6, 6.07) is 8.65. The molecule has 0 amide bonds. The maximum Gasteiger partial charge on any atom is 0.0951 e. The number of hydrogen-bond donors (Lipinski definition) is 2. The average molecular weight is 241 g/mol. The molecule has 1 saturated carbocycles. The molecule has 3 N–H and O–H groups in total. The zero-order valence-corrected chi connectivity index (χ0v) is 10.7. The second kappa shape index (κ2) is 4.48. The van der Waals surface area contributed by atoms with Crippen molar-refractivity contribution in [2.75, 3.05) is 11.1 Å². The van der Waals surface area contributed by atoms with E-state index in [-0.39, 0.29) is 0 Å². The number of hydrogen-bond acceptors (Lipinski definition) is 3. The van der Waals surface area contributed by atoms with Crippen molar-refractivity contribution < 1.29 is 0 Å². The first-order valence-corrected chi connectivity index (χ1v) is 6.64. The highest BCUT2D eigenvalue weighted by atomic mass is 14.9. The Morgan fingerprint density at radius 2 is 2.17 bits per heavy atom. The lowest BCUT2D eigenvalue weighted by atomic mass is 10.1. The molecule has 18 heavy (non-hydrogen) atoms. The molecule has 2 unspecified atom stereocenters. The van der Waals surface area contributed by atoms with Crippen molar-refractivity contribution in [2.45, 2.75) is 32.2 Å². The summed E-state index contributed by atoms with van der Waals surface area (Å²) in [6.45, 7) is 2.32. The Morgan fingerprint density at radius 3 is 2.94 bits per heavy atom. The van der Waals surface area contributed by atoms with Gasteiger partial charge in [-0.25, -0.2) is 0 Å². The van der Waals surface area contributed by atoms with Gasteiger partial charge in [-0.3, -0.25) is 4.98 Å². The summed E-state index contributed by atoms with van der Waals surface area (Å²) >= 11 is 0. The van der Waals surface area contributed by atoms with Gasteiger partial charge in [-0.1, -0.05) is 6.92 Å². The topological polar surface area (TPSA) is 50.9 Å². The van der Waals surface area contributed by atoms with E-state index < -0.39 is 0 Å². The average Bonchev–Trinajstić information content (AvgIpc) is 2.79. The number of nitrogens with one attached hydrogen (secondary N) is 1. The van der Waals surface area contributed by atoms with Gasteiger partial charge in [0.2, 0.25) is 0 Å². The summed E-state index contributed by atoms with van der Waals surface area (Å²) in [5.74, 6) is 0.834. The molecular weight excluding hydrogens is 222 g/mol. The molecule has 2 atom stereocenters. The molecule has 3 heteroatoms. The van der Waals surface area contributed by atoms with E-state index in [1.165, 1.54) is 19.3 Å². The van der Waals surface area contributed by atoms with Crippen molar-refractivity contribution in [1.82, 2.24) is 4.98 Å². The van der Waals surface area contributed by atoms with Crippen LogP contribution in [0.25, 0.3) is 10.9 Å². The molecule has 0 saturated heterocycles. The highest BCUT2D eigenvalue weighted by molar-refractivity contribution is 5.98. The molecule has 3 nitrogen and oxygen atoms in total. The van der Waals surface area contributed by atoms with Gasteiger partial charge in [-0.05, 0) is 49.4 Å². The number of pyridine rings is 1. The Morgan fingerprint density at radius 1 is 1.28 bits per heavy atom. The molecule has 1 fully saturated rings. The number of aromatic nitrogens is 1. The summed E-state index contributed by atoms with van der Waals surface area (Å²) in [4.78, 5) is 4.37. The monoisotopic (exact) mass is 241 g/mol. The highest BCUT2D eigenvalue weighted by Gasteiger charge is 2.21. The molecule has 1 aromatic heterocycles. The molecule has 0 aliphatic heterocycles. The number of rotatable bonds is 2. The van der Waals surface area contributed by atoms with Crippen LogP contribution >= 0.6 is 0 Å².